The molecule has 4 aromatic rings. The summed E-state index contributed by atoms with van der Waals surface area (Å²) >= 11 is 0. The number of hydrogen-bond donors (Lipinski definition) is 1. The van der Waals surface area contributed by atoms with Gasteiger partial charge in [-0.2, -0.15) is 18.6 Å². The maximum atomic E-state index is 14.5. The number of nitrogens with zero attached hydrogens (tertiary/aromatic N) is 5. The second-order valence-electron chi connectivity index (χ2n) is 8.02. The maximum absolute atomic E-state index is 14.5. The van der Waals surface area contributed by atoms with Crippen molar-refractivity contribution in [2.45, 2.75) is 23.9 Å². The van der Waals surface area contributed by atoms with E-state index in [1.165, 1.54) is 36.1 Å². The lowest BCUT2D eigenvalue weighted by molar-refractivity contribution is 0.0983. The van der Waals surface area contributed by atoms with Gasteiger partial charge in [-0.05, 0) is 49.2 Å². The second-order valence-corrected chi connectivity index (χ2v) is 9.65. The number of pyridine rings is 1. The standard InChI is InChI=1S/C22H20F2N6O3S/c1-28-21(6-8-25-28)34(32,33)27-22(31)17-13-26-30-10-7-15(12-20(17)30)29-9-2-3-19(29)16-11-14(23)4-5-18(16)24/h4-8,10-13,19H,2-3,9H2,1H3,(H,27,31)/t19-/m1/s1. The number of nitrogens with one attached hydrogen (secondary N) is 1. The van der Waals surface area contributed by atoms with Crippen LogP contribution < -0.4 is 9.62 Å². The molecule has 1 saturated heterocycles. The Morgan fingerprint density at radius 2 is 1.97 bits per heavy atom. The molecule has 0 radical (unpaired) electrons. The Kier molecular flexibility index (Phi) is 5.31. The van der Waals surface area contributed by atoms with E-state index < -0.39 is 27.6 Å². The van der Waals surface area contributed by atoms with Crippen LogP contribution in [-0.4, -0.2) is 40.3 Å². The number of aryl methyl sites for hydroxylation is 1. The first-order valence-electron chi connectivity index (χ1n) is 10.5. The third-order valence-corrected chi connectivity index (χ3v) is 7.33. The average molecular weight is 487 g/mol. The molecule has 176 valence electrons. The molecule has 1 aliphatic rings. The van der Waals surface area contributed by atoms with Crippen molar-refractivity contribution < 1.29 is 22.0 Å². The van der Waals surface area contributed by atoms with Crippen molar-refractivity contribution in [1.82, 2.24) is 24.1 Å². The van der Waals surface area contributed by atoms with E-state index >= 15 is 0 Å². The fraction of sp³-hybridized carbons (Fsp3) is 0.227. The number of carbonyl (C=O) groups excluding carboxylic acids is 1. The van der Waals surface area contributed by atoms with Crippen molar-refractivity contribution in [3.63, 3.8) is 0 Å². The Hall–Kier alpha value is -3.80. The molecule has 1 aromatic carbocycles. The molecule has 0 saturated carbocycles. The minimum atomic E-state index is -4.14. The Balaban J connectivity index is 1.48. The number of anilines is 1. The first-order chi connectivity index (χ1) is 16.2. The van der Waals surface area contributed by atoms with Gasteiger partial charge in [0.25, 0.3) is 15.9 Å². The molecule has 1 N–H and O–H groups in total. The van der Waals surface area contributed by atoms with Crippen LogP contribution in [0.1, 0.15) is 34.8 Å². The van der Waals surface area contributed by atoms with Gasteiger partial charge in [-0.15, -0.1) is 0 Å². The van der Waals surface area contributed by atoms with E-state index in [9.17, 15) is 22.0 Å². The second kappa shape index (κ2) is 8.20. The molecule has 0 aliphatic carbocycles. The highest BCUT2D eigenvalue weighted by molar-refractivity contribution is 7.90. The highest BCUT2D eigenvalue weighted by Crippen LogP contribution is 2.38. The number of hydrogen-bond acceptors (Lipinski definition) is 6. The molecular formula is C22H20F2N6O3S. The molecule has 3 aromatic heterocycles. The average Bonchev–Trinajstić information content (AvgIpc) is 3.53. The molecule has 34 heavy (non-hydrogen) atoms. The van der Waals surface area contributed by atoms with E-state index in [2.05, 4.69) is 10.2 Å². The van der Waals surface area contributed by atoms with Crippen LogP contribution in [0.4, 0.5) is 14.5 Å². The lowest BCUT2D eigenvalue weighted by Crippen LogP contribution is -2.31. The van der Waals surface area contributed by atoms with E-state index in [1.807, 2.05) is 9.62 Å². The molecule has 1 amide bonds. The summed E-state index contributed by atoms with van der Waals surface area (Å²) in [5, 5.41) is 7.79. The van der Waals surface area contributed by atoms with Crippen molar-refractivity contribution in [1.29, 1.82) is 0 Å². The number of amides is 1. The third-order valence-electron chi connectivity index (χ3n) is 5.93. The van der Waals surface area contributed by atoms with Gasteiger partial charge < -0.3 is 4.90 Å². The van der Waals surface area contributed by atoms with E-state index in [0.29, 0.717) is 24.2 Å². The smallest absolute Gasteiger partial charge is 0.281 e. The van der Waals surface area contributed by atoms with Gasteiger partial charge in [-0.3, -0.25) is 9.48 Å². The van der Waals surface area contributed by atoms with Gasteiger partial charge in [0.1, 0.15) is 11.6 Å². The fourth-order valence-electron chi connectivity index (χ4n) is 4.35. The van der Waals surface area contributed by atoms with E-state index in [0.717, 1.165) is 23.2 Å². The normalized spacial score (nSPS) is 16.3. The zero-order chi connectivity index (χ0) is 24.0. The van der Waals surface area contributed by atoms with Gasteiger partial charge in [0.2, 0.25) is 0 Å². The Labute approximate surface area is 193 Å². The SMILES string of the molecule is Cn1nccc1S(=O)(=O)NC(=O)c1cnn2ccc(N3CCC[C@@H]3c3cc(F)ccc3F)cc12. The van der Waals surface area contributed by atoms with Crippen molar-refractivity contribution in [2.75, 3.05) is 11.4 Å². The summed E-state index contributed by atoms with van der Waals surface area (Å²) in [7, 11) is -2.69. The summed E-state index contributed by atoms with van der Waals surface area (Å²) in [5.41, 5.74) is 1.38. The number of rotatable bonds is 5. The number of carbonyl (C=O) groups is 1. The zero-order valence-corrected chi connectivity index (χ0v) is 18.8. The third kappa shape index (κ3) is 3.79. The number of benzene rings is 1. The maximum Gasteiger partial charge on any atom is 0.281 e. The van der Waals surface area contributed by atoms with Crippen molar-refractivity contribution >= 4 is 27.1 Å². The van der Waals surface area contributed by atoms with Crippen LogP contribution in [0.5, 0.6) is 0 Å². The number of halogens is 2. The summed E-state index contributed by atoms with van der Waals surface area (Å²) < 4.78 is 58.1. The lowest BCUT2D eigenvalue weighted by Gasteiger charge is -2.27. The van der Waals surface area contributed by atoms with Gasteiger partial charge in [-0.1, -0.05) is 0 Å². The van der Waals surface area contributed by atoms with Crippen LogP contribution in [-0.2, 0) is 17.1 Å². The number of fused-ring (bicyclic) bond motifs is 1. The largest absolute Gasteiger partial charge is 0.364 e. The number of aromatic nitrogens is 4. The predicted molar refractivity (Wildman–Crippen MR) is 119 cm³/mol. The Morgan fingerprint density at radius 3 is 2.74 bits per heavy atom. The summed E-state index contributed by atoms with van der Waals surface area (Å²) in [4.78, 5) is 14.8. The topological polar surface area (TPSA) is 102 Å². The van der Waals surface area contributed by atoms with Gasteiger partial charge in [0, 0.05) is 31.0 Å². The summed E-state index contributed by atoms with van der Waals surface area (Å²) in [6.45, 7) is 0.612. The minimum absolute atomic E-state index is 0.0558. The van der Waals surface area contributed by atoms with Crippen LogP contribution in [0.3, 0.4) is 0 Å². The van der Waals surface area contributed by atoms with Gasteiger partial charge in [0.05, 0.1) is 29.5 Å². The molecule has 9 nitrogen and oxygen atoms in total. The van der Waals surface area contributed by atoms with Crippen LogP contribution in [0.2, 0.25) is 0 Å². The van der Waals surface area contributed by atoms with Crippen molar-refractivity contribution in [3.8, 4) is 0 Å². The molecule has 0 bridgehead atoms. The molecule has 1 aliphatic heterocycles. The quantitative estimate of drug-likeness (QED) is 0.466. The molecular weight excluding hydrogens is 466 g/mol. The number of sulfonamides is 1. The van der Waals surface area contributed by atoms with Crippen LogP contribution in [0, 0.1) is 11.6 Å². The van der Waals surface area contributed by atoms with E-state index in [4.69, 9.17) is 0 Å². The van der Waals surface area contributed by atoms with Gasteiger partial charge in [0.15, 0.2) is 5.03 Å². The van der Waals surface area contributed by atoms with E-state index in [1.54, 1.807) is 18.3 Å². The van der Waals surface area contributed by atoms with Gasteiger partial charge in [-0.25, -0.2) is 18.0 Å². The van der Waals surface area contributed by atoms with Gasteiger partial charge >= 0.3 is 0 Å². The summed E-state index contributed by atoms with van der Waals surface area (Å²) in [6.07, 6.45) is 5.65. The Bertz CT molecular complexity index is 1510. The first kappa shape index (κ1) is 22.0. The molecule has 12 heteroatoms. The Morgan fingerprint density at radius 1 is 1.15 bits per heavy atom. The molecule has 5 rings (SSSR count). The van der Waals surface area contributed by atoms with Crippen molar-refractivity contribution in [2.24, 2.45) is 7.05 Å². The molecule has 4 heterocycles. The van der Waals surface area contributed by atoms with Crippen molar-refractivity contribution in [3.05, 3.63) is 77.8 Å². The highest BCUT2D eigenvalue weighted by Gasteiger charge is 2.30. The summed E-state index contributed by atoms with van der Waals surface area (Å²) in [6, 6.07) is 7.77. The minimum Gasteiger partial charge on any atom is -0.364 e. The molecule has 0 unspecified atom stereocenters. The fourth-order valence-corrected chi connectivity index (χ4v) is 5.44. The monoisotopic (exact) mass is 486 g/mol. The lowest BCUT2D eigenvalue weighted by atomic mass is 10.0. The molecule has 1 atom stereocenters. The molecule has 1 fully saturated rings. The molecule has 0 spiro atoms. The highest BCUT2D eigenvalue weighted by atomic mass is 32.2. The van der Waals surface area contributed by atoms with E-state index in [-0.39, 0.29) is 22.2 Å². The van der Waals surface area contributed by atoms with Crippen LogP contribution >= 0.6 is 0 Å². The first-order valence-corrected chi connectivity index (χ1v) is 12.0. The zero-order valence-electron chi connectivity index (χ0n) is 18.0. The predicted octanol–water partition coefficient (Wildman–Crippen LogP) is 2.81. The van der Waals surface area contributed by atoms with Crippen LogP contribution in [0.25, 0.3) is 5.52 Å². The van der Waals surface area contributed by atoms with Crippen LogP contribution in [0.15, 0.2) is 60.0 Å². The summed E-state index contributed by atoms with van der Waals surface area (Å²) in [5.74, 6) is -1.84.